The highest BCUT2D eigenvalue weighted by Gasteiger charge is 2.44. The molecule has 1 aliphatic carbocycles. The lowest BCUT2D eigenvalue weighted by Crippen LogP contribution is -2.14. The number of ether oxygens (including phenoxy) is 2. The first-order valence-corrected chi connectivity index (χ1v) is 10.1. The Kier molecular flexibility index (Phi) is 4.57. The molecule has 2 fully saturated rings. The van der Waals surface area contributed by atoms with Gasteiger partial charge in [0.2, 0.25) is 5.91 Å². The molecule has 5 nitrogen and oxygen atoms in total. The number of pyridine rings is 1. The molecule has 1 saturated carbocycles. The van der Waals surface area contributed by atoms with Crippen LogP contribution in [0.5, 0.6) is 0 Å². The number of hydrogen-bond acceptors (Lipinski definition) is 4. The molecule has 5 atom stereocenters. The third-order valence-electron chi connectivity index (χ3n) is 6.01. The van der Waals surface area contributed by atoms with Gasteiger partial charge in [0.05, 0.1) is 12.2 Å². The summed E-state index contributed by atoms with van der Waals surface area (Å²) in [7, 11) is 0. The molecule has 0 radical (unpaired) electrons. The number of fused-ring (bicyclic) bond motifs is 1. The Bertz CT molecular complexity index is 1040. The zero-order chi connectivity index (χ0) is 20.0. The molecule has 3 aromatic rings. The minimum atomic E-state index is -0.296. The molecule has 2 heterocycles. The van der Waals surface area contributed by atoms with E-state index in [1.54, 1.807) is 6.20 Å². The number of carbonyl (C=O) groups excluding carboxylic acids is 1. The van der Waals surface area contributed by atoms with Crippen LogP contribution >= 0.6 is 0 Å². The summed E-state index contributed by atoms with van der Waals surface area (Å²) in [6.45, 7) is 4.05. The van der Waals surface area contributed by atoms with Gasteiger partial charge < -0.3 is 14.8 Å². The van der Waals surface area contributed by atoms with E-state index in [-0.39, 0.29) is 36.2 Å². The molecular weight excluding hydrogens is 364 g/mol. The zero-order valence-corrected chi connectivity index (χ0v) is 16.5. The van der Waals surface area contributed by atoms with Crippen LogP contribution in [-0.2, 0) is 14.3 Å². The number of nitrogens with one attached hydrogen (secondary N) is 1. The second-order valence-corrected chi connectivity index (χ2v) is 8.06. The Hall–Kier alpha value is -2.76. The average Bonchev–Trinajstić information content (AvgIpc) is 3.47. The summed E-state index contributed by atoms with van der Waals surface area (Å²) in [6.07, 6.45) is 4.37. The van der Waals surface area contributed by atoms with E-state index in [1.165, 1.54) is 5.56 Å². The van der Waals surface area contributed by atoms with Crippen molar-refractivity contribution in [2.75, 3.05) is 5.32 Å². The maximum Gasteiger partial charge on any atom is 0.228 e. The van der Waals surface area contributed by atoms with Crippen molar-refractivity contribution < 1.29 is 14.3 Å². The maximum absolute atomic E-state index is 12.7. The van der Waals surface area contributed by atoms with Crippen molar-refractivity contribution in [3.8, 4) is 0 Å². The summed E-state index contributed by atoms with van der Waals surface area (Å²) in [5.41, 5.74) is 3.04. The predicted octanol–water partition coefficient (Wildman–Crippen LogP) is 4.80. The molecule has 3 unspecified atom stereocenters. The normalized spacial score (nSPS) is 28.4. The summed E-state index contributed by atoms with van der Waals surface area (Å²) in [5.74, 6) is 0.377. The first-order valence-electron chi connectivity index (χ1n) is 10.1. The van der Waals surface area contributed by atoms with Gasteiger partial charge in [-0.2, -0.15) is 0 Å². The quantitative estimate of drug-likeness (QED) is 0.697. The third-order valence-corrected chi connectivity index (χ3v) is 6.01. The van der Waals surface area contributed by atoms with E-state index in [4.69, 9.17) is 9.47 Å². The highest BCUT2D eigenvalue weighted by Crippen LogP contribution is 2.48. The van der Waals surface area contributed by atoms with Gasteiger partial charge in [-0.15, -0.1) is 0 Å². The lowest BCUT2D eigenvalue weighted by atomic mass is 10.1. The topological polar surface area (TPSA) is 60.5 Å². The standard InChI is InChI=1S/C24H24N2O3/c1-14-15(2)29-24(28-14)17-5-3-16(4-6-17)21-12-22(21)23(27)26-20-8-7-19-13-25-10-9-18(19)11-20/h3-11,13-15,21-22,24H,12H2,1-2H3,(H,26,27)/t14-,15+,21?,22?,24?. The Morgan fingerprint density at radius 1 is 0.966 bits per heavy atom. The molecule has 0 bridgehead atoms. The molecule has 2 aliphatic rings. The van der Waals surface area contributed by atoms with Gasteiger partial charge >= 0.3 is 0 Å². The smallest absolute Gasteiger partial charge is 0.228 e. The van der Waals surface area contributed by atoms with E-state index in [0.717, 1.165) is 28.4 Å². The monoisotopic (exact) mass is 388 g/mol. The Labute approximate surface area is 170 Å². The third kappa shape index (κ3) is 3.63. The number of nitrogens with zero attached hydrogens (tertiary/aromatic N) is 1. The summed E-state index contributed by atoms with van der Waals surface area (Å²) < 4.78 is 11.7. The first-order chi connectivity index (χ1) is 14.1. The second kappa shape index (κ2) is 7.25. The fourth-order valence-corrected chi connectivity index (χ4v) is 3.95. The largest absolute Gasteiger partial charge is 0.343 e. The van der Waals surface area contributed by atoms with Crippen molar-refractivity contribution in [3.63, 3.8) is 0 Å². The minimum absolute atomic E-state index is 0.0213. The van der Waals surface area contributed by atoms with Crippen LogP contribution < -0.4 is 5.32 Å². The van der Waals surface area contributed by atoms with E-state index in [2.05, 4.69) is 34.6 Å². The Morgan fingerprint density at radius 2 is 1.69 bits per heavy atom. The van der Waals surface area contributed by atoms with Crippen LogP contribution in [0.25, 0.3) is 10.8 Å². The van der Waals surface area contributed by atoms with Gasteiger partial charge in [-0.1, -0.05) is 30.3 Å². The highest BCUT2D eigenvalue weighted by molar-refractivity contribution is 5.97. The summed E-state index contributed by atoms with van der Waals surface area (Å²) in [5, 5.41) is 5.20. The molecule has 1 N–H and O–H groups in total. The van der Waals surface area contributed by atoms with E-state index in [9.17, 15) is 4.79 Å². The molecule has 1 aliphatic heterocycles. The van der Waals surface area contributed by atoms with Gasteiger partial charge in [0.25, 0.3) is 0 Å². The fourth-order valence-electron chi connectivity index (χ4n) is 3.95. The Morgan fingerprint density at radius 3 is 2.45 bits per heavy atom. The van der Waals surface area contributed by atoms with Crippen LogP contribution in [-0.4, -0.2) is 23.1 Å². The van der Waals surface area contributed by atoms with Crippen molar-refractivity contribution >= 4 is 22.4 Å². The number of benzene rings is 2. The van der Waals surface area contributed by atoms with Gasteiger partial charge in [0, 0.05) is 34.9 Å². The van der Waals surface area contributed by atoms with Crippen molar-refractivity contribution in [1.82, 2.24) is 4.98 Å². The first kappa shape index (κ1) is 18.3. The van der Waals surface area contributed by atoms with Gasteiger partial charge in [-0.05, 0) is 55.3 Å². The van der Waals surface area contributed by atoms with Crippen LogP contribution in [0.15, 0.2) is 60.9 Å². The van der Waals surface area contributed by atoms with Gasteiger partial charge in [0.15, 0.2) is 6.29 Å². The van der Waals surface area contributed by atoms with E-state index in [1.807, 2.05) is 44.3 Å². The molecule has 1 amide bonds. The molecule has 5 rings (SSSR count). The van der Waals surface area contributed by atoms with Gasteiger partial charge in [-0.3, -0.25) is 9.78 Å². The number of rotatable bonds is 4. The summed E-state index contributed by atoms with van der Waals surface area (Å²) in [4.78, 5) is 16.8. The van der Waals surface area contributed by atoms with Crippen molar-refractivity contribution in [2.24, 2.45) is 5.92 Å². The van der Waals surface area contributed by atoms with Crippen molar-refractivity contribution in [1.29, 1.82) is 0 Å². The maximum atomic E-state index is 12.7. The molecule has 1 aromatic heterocycles. The van der Waals surface area contributed by atoms with Crippen LogP contribution in [0.2, 0.25) is 0 Å². The molecule has 29 heavy (non-hydrogen) atoms. The van der Waals surface area contributed by atoms with E-state index >= 15 is 0 Å². The van der Waals surface area contributed by atoms with Crippen molar-refractivity contribution in [3.05, 3.63) is 72.1 Å². The van der Waals surface area contributed by atoms with Gasteiger partial charge in [-0.25, -0.2) is 0 Å². The lowest BCUT2D eigenvalue weighted by molar-refractivity contribution is -0.117. The lowest BCUT2D eigenvalue weighted by Gasteiger charge is -2.11. The highest BCUT2D eigenvalue weighted by atomic mass is 16.7. The molecule has 148 valence electrons. The van der Waals surface area contributed by atoms with Gasteiger partial charge in [0.1, 0.15) is 0 Å². The summed E-state index contributed by atoms with van der Waals surface area (Å²) in [6, 6.07) is 16.1. The molecular formula is C24H24N2O3. The SMILES string of the molecule is C[C@@H]1OC(c2ccc(C3CC3C(=O)Nc3ccc4cnccc4c3)cc2)O[C@@H]1C. The van der Waals surface area contributed by atoms with E-state index in [0.29, 0.717) is 0 Å². The number of hydrogen-bond donors (Lipinski definition) is 1. The number of anilines is 1. The summed E-state index contributed by atoms with van der Waals surface area (Å²) >= 11 is 0. The number of carbonyl (C=O) groups is 1. The fraction of sp³-hybridized carbons (Fsp3) is 0.333. The Balaban J connectivity index is 1.22. The number of aromatic nitrogens is 1. The minimum Gasteiger partial charge on any atom is -0.343 e. The number of amides is 1. The molecule has 5 heteroatoms. The molecule has 2 aromatic carbocycles. The van der Waals surface area contributed by atoms with Crippen LogP contribution in [0.3, 0.4) is 0 Å². The van der Waals surface area contributed by atoms with Crippen molar-refractivity contribution in [2.45, 2.75) is 44.7 Å². The predicted molar refractivity (Wildman–Crippen MR) is 111 cm³/mol. The molecule has 1 saturated heterocycles. The van der Waals surface area contributed by atoms with Crippen LogP contribution in [0.1, 0.15) is 43.6 Å². The van der Waals surface area contributed by atoms with Crippen LogP contribution in [0.4, 0.5) is 5.69 Å². The van der Waals surface area contributed by atoms with E-state index < -0.39 is 0 Å². The van der Waals surface area contributed by atoms with Crippen LogP contribution in [0, 0.1) is 5.92 Å². The zero-order valence-electron chi connectivity index (χ0n) is 16.5. The average molecular weight is 388 g/mol. The second-order valence-electron chi connectivity index (χ2n) is 8.06. The molecule has 0 spiro atoms.